The van der Waals surface area contributed by atoms with E-state index in [0.29, 0.717) is 12.3 Å². The molecule has 1 aromatic heterocycles. The lowest BCUT2D eigenvalue weighted by molar-refractivity contribution is -0.0874. The first kappa shape index (κ1) is 20.1. The van der Waals surface area contributed by atoms with Crippen molar-refractivity contribution >= 4 is 10.1 Å². The Labute approximate surface area is 137 Å². The SMILES string of the molecule is CC(O)C(O)(Cn1cncn1)c1ccc(F)cc1F.CS(=O)(=O)O. The van der Waals surface area contributed by atoms with E-state index in [0.717, 1.165) is 12.1 Å². The van der Waals surface area contributed by atoms with E-state index in [1.54, 1.807) is 0 Å². The molecule has 0 bridgehead atoms. The van der Waals surface area contributed by atoms with E-state index in [-0.39, 0.29) is 12.1 Å². The van der Waals surface area contributed by atoms with Crippen LogP contribution in [-0.4, -0.2) is 50.3 Å². The Hall–Kier alpha value is -1.95. The third kappa shape index (κ3) is 5.92. The first-order chi connectivity index (χ1) is 10.9. The summed E-state index contributed by atoms with van der Waals surface area (Å²) in [5.74, 6) is -1.68. The Morgan fingerprint density at radius 2 is 1.96 bits per heavy atom. The van der Waals surface area contributed by atoms with Crippen molar-refractivity contribution in [2.24, 2.45) is 0 Å². The van der Waals surface area contributed by atoms with Gasteiger partial charge in [-0.15, -0.1) is 0 Å². The maximum atomic E-state index is 13.8. The van der Waals surface area contributed by atoms with Gasteiger partial charge in [0.15, 0.2) is 0 Å². The highest BCUT2D eigenvalue weighted by Crippen LogP contribution is 2.29. The molecule has 134 valence electrons. The Morgan fingerprint density at radius 1 is 1.38 bits per heavy atom. The van der Waals surface area contributed by atoms with Crippen molar-refractivity contribution in [1.82, 2.24) is 14.8 Å². The van der Waals surface area contributed by atoms with Crippen molar-refractivity contribution in [2.75, 3.05) is 6.26 Å². The number of halogens is 2. The van der Waals surface area contributed by atoms with Crippen LogP contribution in [0.2, 0.25) is 0 Å². The summed E-state index contributed by atoms with van der Waals surface area (Å²) < 4.78 is 53.8. The maximum Gasteiger partial charge on any atom is 0.261 e. The second kappa shape index (κ2) is 7.75. The molecule has 0 amide bonds. The highest BCUT2D eigenvalue weighted by Gasteiger charge is 2.38. The summed E-state index contributed by atoms with van der Waals surface area (Å²) in [5.41, 5.74) is -2.12. The van der Waals surface area contributed by atoms with Crippen molar-refractivity contribution in [3.63, 3.8) is 0 Å². The number of aromatic nitrogens is 3. The van der Waals surface area contributed by atoms with Crippen molar-refractivity contribution < 1.29 is 32.0 Å². The van der Waals surface area contributed by atoms with E-state index in [2.05, 4.69) is 10.1 Å². The second-order valence-corrected chi connectivity index (χ2v) is 6.52. The number of hydrogen-bond donors (Lipinski definition) is 3. The van der Waals surface area contributed by atoms with E-state index in [4.69, 9.17) is 4.55 Å². The molecule has 0 spiro atoms. The predicted molar refractivity (Wildman–Crippen MR) is 79.4 cm³/mol. The van der Waals surface area contributed by atoms with Gasteiger partial charge in [-0.2, -0.15) is 13.5 Å². The molecule has 24 heavy (non-hydrogen) atoms. The molecule has 0 saturated carbocycles. The minimum atomic E-state index is -3.67. The van der Waals surface area contributed by atoms with Gasteiger partial charge in [0.25, 0.3) is 10.1 Å². The van der Waals surface area contributed by atoms with Crippen LogP contribution < -0.4 is 0 Å². The van der Waals surface area contributed by atoms with Crippen molar-refractivity contribution in [3.05, 3.63) is 48.1 Å². The molecule has 0 aliphatic carbocycles. The topological polar surface area (TPSA) is 126 Å². The van der Waals surface area contributed by atoms with E-state index in [9.17, 15) is 27.4 Å². The highest BCUT2D eigenvalue weighted by atomic mass is 32.2. The van der Waals surface area contributed by atoms with Gasteiger partial charge in [-0.1, -0.05) is 6.07 Å². The van der Waals surface area contributed by atoms with Crippen LogP contribution in [0.25, 0.3) is 0 Å². The third-order valence-corrected chi connectivity index (χ3v) is 2.96. The lowest BCUT2D eigenvalue weighted by atomic mass is 9.88. The molecule has 0 aliphatic heterocycles. The molecule has 2 aromatic rings. The first-order valence-corrected chi connectivity index (χ1v) is 8.39. The second-order valence-electron chi connectivity index (χ2n) is 5.05. The molecule has 0 saturated heterocycles. The van der Waals surface area contributed by atoms with Gasteiger partial charge in [-0.3, -0.25) is 4.55 Å². The van der Waals surface area contributed by atoms with Gasteiger partial charge < -0.3 is 10.2 Å². The molecule has 11 heteroatoms. The van der Waals surface area contributed by atoms with Crippen LogP contribution in [0.4, 0.5) is 8.78 Å². The smallest absolute Gasteiger partial charge is 0.261 e. The minimum absolute atomic E-state index is 0.195. The van der Waals surface area contributed by atoms with Crippen LogP contribution in [0.3, 0.4) is 0 Å². The van der Waals surface area contributed by atoms with Gasteiger partial charge in [0.05, 0.1) is 18.9 Å². The van der Waals surface area contributed by atoms with E-state index in [1.807, 2.05) is 0 Å². The largest absolute Gasteiger partial charge is 0.390 e. The van der Waals surface area contributed by atoms with Crippen LogP contribution in [0.5, 0.6) is 0 Å². The minimum Gasteiger partial charge on any atom is -0.390 e. The predicted octanol–water partition coefficient (Wildman–Crippen LogP) is 0.329. The van der Waals surface area contributed by atoms with Gasteiger partial charge in [-0.25, -0.2) is 18.4 Å². The van der Waals surface area contributed by atoms with Crippen LogP contribution >= 0.6 is 0 Å². The fourth-order valence-electron chi connectivity index (χ4n) is 1.84. The molecule has 1 aromatic carbocycles. The van der Waals surface area contributed by atoms with Crippen LogP contribution in [0.15, 0.2) is 30.9 Å². The lowest BCUT2D eigenvalue weighted by Crippen LogP contribution is -2.42. The zero-order chi connectivity index (χ0) is 18.5. The zero-order valence-corrected chi connectivity index (χ0v) is 13.7. The normalized spacial score (nSPS) is 15.1. The van der Waals surface area contributed by atoms with Gasteiger partial charge in [-0.05, 0) is 13.0 Å². The van der Waals surface area contributed by atoms with Crippen molar-refractivity contribution in [3.8, 4) is 0 Å². The van der Waals surface area contributed by atoms with Crippen molar-refractivity contribution in [2.45, 2.75) is 25.2 Å². The summed E-state index contributed by atoms with van der Waals surface area (Å²) in [5, 5.41) is 24.0. The summed E-state index contributed by atoms with van der Waals surface area (Å²) in [4.78, 5) is 3.70. The molecule has 2 atom stereocenters. The molecular formula is C13H17F2N3O5S. The van der Waals surface area contributed by atoms with Crippen LogP contribution in [-0.2, 0) is 22.3 Å². The molecular weight excluding hydrogens is 348 g/mol. The number of rotatable bonds is 4. The molecule has 2 rings (SSSR count). The quantitative estimate of drug-likeness (QED) is 0.667. The Bertz CT molecular complexity index is 760. The van der Waals surface area contributed by atoms with Crippen LogP contribution in [0.1, 0.15) is 12.5 Å². The van der Waals surface area contributed by atoms with Gasteiger partial charge in [0, 0.05) is 11.6 Å². The molecule has 1 heterocycles. The highest BCUT2D eigenvalue weighted by molar-refractivity contribution is 7.85. The van der Waals surface area contributed by atoms with E-state index < -0.39 is 33.5 Å². The average molecular weight is 365 g/mol. The number of nitrogens with zero attached hydrogens (tertiary/aromatic N) is 3. The molecule has 3 N–H and O–H groups in total. The van der Waals surface area contributed by atoms with E-state index in [1.165, 1.54) is 24.3 Å². The van der Waals surface area contributed by atoms with Gasteiger partial charge >= 0.3 is 0 Å². The number of benzene rings is 1. The fourth-order valence-corrected chi connectivity index (χ4v) is 1.84. The maximum absolute atomic E-state index is 13.8. The van der Waals surface area contributed by atoms with Crippen LogP contribution in [0, 0.1) is 11.6 Å². The average Bonchev–Trinajstić information content (AvgIpc) is 2.88. The lowest BCUT2D eigenvalue weighted by Gasteiger charge is -2.31. The van der Waals surface area contributed by atoms with Gasteiger partial charge in [0.2, 0.25) is 0 Å². The Morgan fingerprint density at radius 3 is 2.38 bits per heavy atom. The summed E-state index contributed by atoms with van der Waals surface area (Å²) >= 11 is 0. The molecule has 8 nitrogen and oxygen atoms in total. The summed E-state index contributed by atoms with van der Waals surface area (Å²) in [6.07, 6.45) is 2.02. The summed E-state index contributed by atoms with van der Waals surface area (Å²) in [7, 11) is -3.67. The molecule has 0 aliphatic rings. The number of hydrogen-bond acceptors (Lipinski definition) is 6. The third-order valence-electron chi connectivity index (χ3n) is 2.96. The zero-order valence-electron chi connectivity index (χ0n) is 12.8. The van der Waals surface area contributed by atoms with Gasteiger partial charge in [0.1, 0.15) is 29.9 Å². The molecule has 2 unspecified atom stereocenters. The standard InChI is InChI=1S/C12H13F2N3O2.CH4O3S/c1-8(18)12(19,5-17-7-15-6-16-17)10-3-2-9(13)4-11(10)14;1-5(2,3)4/h2-4,6-8,18-19H,5H2,1H3;1H3,(H,2,3,4). The number of aliphatic hydroxyl groups excluding tert-OH is 1. The molecule has 0 radical (unpaired) electrons. The van der Waals surface area contributed by atoms with E-state index >= 15 is 0 Å². The monoisotopic (exact) mass is 365 g/mol. The Balaban J connectivity index is 0.000000505. The molecule has 0 fully saturated rings. The first-order valence-electron chi connectivity index (χ1n) is 6.54. The fraction of sp³-hybridized carbons (Fsp3) is 0.385. The summed E-state index contributed by atoms with van der Waals surface area (Å²) in [6, 6.07) is 2.78. The summed E-state index contributed by atoms with van der Waals surface area (Å²) in [6.45, 7) is 1.12. The Kier molecular flexibility index (Phi) is 6.49. The number of aliphatic hydroxyl groups is 2. The van der Waals surface area contributed by atoms with Crippen molar-refractivity contribution in [1.29, 1.82) is 0 Å².